The van der Waals surface area contributed by atoms with Gasteiger partial charge in [0.15, 0.2) is 0 Å². The van der Waals surface area contributed by atoms with E-state index in [-0.39, 0.29) is 11.5 Å². The van der Waals surface area contributed by atoms with E-state index in [2.05, 4.69) is 4.98 Å². The number of H-pyrrole nitrogens is 1. The van der Waals surface area contributed by atoms with Crippen LogP contribution in [0, 0.1) is 10.1 Å². The molecule has 0 spiro atoms. The van der Waals surface area contributed by atoms with Gasteiger partial charge in [0.1, 0.15) is 11.7 Å². The monoisotopic (exact) mass is 366 g/mol. The van der Waals surface area contributed by atoms with E-state index < -0.39 is 5.92 Å². The molecule has 2 aromatic carbocycles. The van der Waals surface area contributed by atoms with Gasteiger partial charge in [-0.1, -0.05) is 41.9 Å². The Morgan fingerprint density at radius 1 is 1.08 bits per heavy atom. The van der Waals surface area contributed by atoms with Gasteiger partial charge in [-0.05, 0) is 35.9 Å². The van der Waals surface area contributed by atoms with E-state index in [0.29, 0.717) is 10.8 Å². The second kappa shape index (κ2) is 6.69. The summed E-state index contributed by atoms with van der Waals surface area (Å²) in [6, 6.07) is 18.7. The van der Waals surface area contributed by atoms with Crippen molar-refractivity contribution in [3.63, 3.8) is 0 Å². The first kappa shape index (κ1) is 16.4. The summed E-state index contributed by atoms with van der Waals surface area (Å²) in [5, 5.41) is 12.9. The third kappa shape index (κ3) is 2.97. The molecule has 26 heavy (non-hydrogen) atoms. The molecule has 0 saturated heterocycles. The Labute approximate surface area is 154 Å². The van der Waals surface area contributed by atoms with Crippen molar-refractivity contribution in [1.29, 1.82) is 0 Å². The van der Waals surface area contributed by atoms with Gasteiger partial charge in [0.25, 0.3) is 0 Å². The number of nitro groups is 1. The van der Waals surface area contributed by atoms with Crippen LogP contribution in [0.2, 0.25) is 5.02 Å². The van der Waals surface area contributed by atoms with Crippen molar-refractivity contribution in [2.75, 3.05) is 6.54 Å². The van der Waals surface area contributed by atoms with Crippen molar-refractivity contribution in [2.24, 2.45) is 0 Å². The summed E-state index contributed by atoms with van der Waals surface area (Å²) < 4.78 is 5.54. The molecule has 2 heterocycles. The Balaban J connectivity index is 1.98. The van der Waals surface area contributed by atoms with Crippen molar-refractivity contribution in [3.8, 4) is 11.3 Å². The molecule has 2 aromatic heterocycles. The molecule has 0 amide bonds. The lowest BCUT2D eigenvalue weighted by molar-refractivity contribution is -0.482. The largest absolute Gasteiger partial charge is 0.468 e. The number of halogens is 1. The smallest absolute Gasteiger partial charge is 0.217 e. The minimum absolute atomic E-state index is 0.254. The van der Waals surface area contributed by atoms with E-state index in [1.807, 2.05) is 48.5 Å². The Hall–Kier alpha value is -3.05. The molecule has 1 N–H and O–H groups in total. The van der Waals surface area contributed by atoms with Crippen molar-refractivity contribution in [1.82, 2.24) is 4.98 Å². The van der Waals surface area contributed by atoms with Crippen LogP contribution in [0.3, 0.4) is 0 Å². The molecule has 0 radical (unpaired) electrons. The summed E-state index contributed by atoms with van der Waals surface area (Å²) >= 11 is 6.02. The van der Waals surface area contributed by atoms with Crippen molar-refractivity contribution >= 4 is 22.5 Å². The quantitative estimate of drug-likeness (QED) is 0.375. The Kier molecular flexibility index (Phi) is 4.22. The summed E-state index contributed by atoms with van der Waals surface area (Å²) in [5.74, 6) is 0.0727. The van der Waals surface area contributed by atoms with Gasteiger partial charge in [-0.3, -0.25) is 10.1 Å². The van der Waals surface area contributed by atoms with Gasteiger partial charge >= 0.3 is 0 Å². The number of furan rings is 1. The molecule has 6 heteroatoms. The normalized spacial score (nSPS) is 12.3. The number of benzene rings is 2. The van der Waals surface area contributed by atoms with Gasteiger partial charge in [0.2, 0.25) is 6.54 Å². The van der Waals surface area contributed by atoms with Gasteiger partial charge in [-0.2, -0.15) is 0 Å². The SMILES string of the molecule is O=[N+]([O-])C[C@@H](c1ccco1)c1c(-c2ccc(Cl)cc2)[nH]c2ccccc12. The topological polar surface area (TPSA) is 72.1 Å². The molecule has 0 bridgehead atoms. The van der Waals surface area contributed by atoms with Crippen molar-refractivity contribution in [2.45, 2.75) is 5.92 Å². The second-order valence-electron chi connectivity index (χ2n) is 6.05. The molecule has 0 aliphatic rings. The van der Waals surface area contributed by atoms with Gasteiger partial charge in [-0.25, -0.2) is 0 Å². The van der Waals surface area contributed by atoms with E-state index in [4.69, 9.17) is 16.0 Å². The standard InChI is InChI=1S/C20H15ClN2O3/c21-14-9-7-13(8-10-14)20-19(15-4-1-2-5-17(15)22-20)16(12-23(24)25)18-6-3-11-26-18/h1-11,16,22H,12H2/t16-/m0/s1. The van der Waals surface area contributed by atoms with Crippen LogP contribution in [0.4, 0.5) is 0 Å². The fraction of sp³-hybridized carbons (Fsp3) is 0.100. The number of hydrogen-bond acceptors (Lipinski definition) is 3. The molecule has 4 aromatic rings. The van der Waals surface area contributed by atoms with Crippen LogP contribution in [-0.2, 0) is 0 Å². The molecule has 0 fully saturated rings. The highest BCUT2D eigenvalue weighted by molar-refractivity contribution is 6.30. The number of nitrogens with zero attached hydrogens (tertiary/aromatic N) is 1. The maximum absolute atomic E-state index is 11.4. The lowest BCUT2D eigenvalue weighted by atomic mass is 9.91. The molecule has 1 atom stereocenters. The van der Waals surface area contributed by atoms with Gasteiger partial charge in [0, 0.05) is 26.4 Å². The van der Waals surface area contributed by atoms with E-state index in [9.17, 15) is 10.1 Å². The average molecular weight is 367 g/mol. The number of hydrogen-bond donors (Lipinski definition) is 1. The number of aromatic nitrogens is 1. The summed E-state index contributed by atoms with van der Waals surface area (Å²) in [6.45, 7) is -0.254. The van der Waals surface area contributed by atoms with E-state index in [1.165, 1.54) is 0 Å². The number of nitrogens with one attached hydrogen (secondary N) is 1. The number of fused-ring (bicyclic) bond motifs is 1. The molecule has 0 aliphatic heterocycles. The first-order valence-electron chi connectivity index (χ1n) is 8.15. The highest BCUT2D eigenvalue weighted by Gasteiger charge is 2.29. The highest BCUT2D eigenvalue weighted by atomic mass is 35.5. The lowest BCUT2D eigenvalue weighted by Gasteiger charge is -2.13. The van der Waals surface area contributed by atoms with Crippen LogP contribution in [0.5, 0.6) is 0 Å². The van der Waals surface area contributed by atoms with E-state index in [1.54, 1.807) is 18.4 Å². The first-order chi connectivity index (χ1) is 12.6. The Morgan fingerprint density at radius 2 is 1.85 bits per heavy atom. The maximum atomic E-state index is 11.4. The molecule has 0 aliphatic carbocycles. The summed E-state index contributed by atoms with van der Waals surface area (Å²) in [4.78, 5) is 14.5. The summed E-state index contributed by atoms with van der Waals surface area (Å²) in [6.07, 6.45) is 1.54. The second-order valence-corrected chi connectivity index (χ2v) is 6.49. The fourth-order valence-corrected chi connectivity index (χ4v) is 3.46. The molecule has 4 rings (SSSR count). The van der Waals surface area contributed by atoms with Crippen molar-refractivity contribution in [3.05, 3.63) is 93.4 Å². The summed E-state index contributed by atoms with van der Waals surface area (Å²) in [5.41, 5.74) is 3.54. The highest BCUT2D eigenvalue weighted by Crippen LogP contribution is 2.39. The van der Waals surface area contributed by atoms with Gasteiger partial charge < -0.3 is 9.40 Å². The molecular formula is C20H15ClN2O3. The first-order valence-corrected chi connectivity index (χ1v) is 8.53. The third-order valence-corrected chi connectivity index (χ3v) is 4.70. The predicted octanol–water partition coefficient (Wildman–Crippen LogP) is 5.49. The Morgan fingerprint density at radius 3 is 2.54 bits per heavy atom. The van der Waals surface area contributed by atoms with Crippen molar-refractivity contribution < 1.29 is 9.34 Å². The van der Waals surface area contributed by atoms with E-state index >= 15 is 0 Å². The average Bonchev–Trinajstić information content (AvgIpc) is 3.28. The van der Waals surface area contributed by atoms with Crippen LogP contribution in [0.1, 0.15) is 17.2 Å². The minimum Gasteiger partial charge on any atom is -0.468 e. The summed E-state index contributed by atoms with van der Waals surface area (Å²) in [7, 11) is 0. The van der Waals surface area contributed by atoms with E-state index in [0.717, 1.165) is 27.7 Å². The lowest BCUT2D eigenvalue weighted by Crippen LogP contribution is -2.14. The van der Waals surface area contributed by atoms with Crippen LogP contribution < -0.4 is 0 Å². The fourth-order valence-electron chi connectivity index (χ4n) is 3.33. The molecule has 5 nitrogen and oxygen atoms in total. The van der Waals surface area contributed by atoms with Crippen LogP contribution in [0.15, 0.2) is 71.3 Å². The molecule has 0 saturated carbocycles. The third-order valence-electron chi connectivity index (χ3n) is 4.45. The zero-order valence-electron chi connectivity index (χ0n) is 13.7. The number of para-hydroxylation sites is 1. The maximum Gasteiger partial charge on any atom is 0.217 e. The molecule has 130 valence electrons. The van der Waals surface area contributed by atoms with Gasteiger partial charge in [0.05, 0.1) is 12.0 Å². The zero-order chi connectivity index (χ0) is 18.1. The number of rotatable bonds is 5. The predicted molar refractivity (Wildman–Crippen MR) is 101 cm³/mol. The molecule has 0 unspecified atom stereocenters. The zero-order valence-corrected chi connectivity index (χ0v) is 14.4. The van der Waals surface area contributed by atoms with Gasteiger partial charge in [-0.15, -0.1) is 0 Å². The minimum atomic E-state index is -0.498. The van der Waals surface area contributed by atoms with Crippen LogP contribution in [-0.4, -0.2) is 16.5 Å². The van der Waals surface area contributed by atoms with Crippen LogP contribution in [0.25, 0.3) is 22.2 Å². The molecular weight excluding hydrogens is 352 g/mol. The Bertz CT molecular complexity index is 1050. The van der Waals surface area contributed by atoms with Crippen LogP contribution >= 0.6 is 11.6 Å². The number of aromatic amines is 1.